The minimum atomic E-state index is -3.61. The van der Waals surface area contributed by atoms with Crippen LogP contribution in [0.1, 0.15) is 29.3 Å². The van der Waals surface area contributed by atoms with Crippen LogP contribution in [0.4, 0.5) is 0 Å². The highest BCUT2D eigenvalue weighted by molar-refractivity contribution is 7.91. The number of hydrogen-bond acceptors (Lipinski definition) is 4. The summed E-state index contributed by atoms with van der Waals surface area (Å²) in [6.07, 6.45) is 0.524. The van der Waals surface area contributed by atoms with Crippen LogP contribution in [0.2, 0.25) is 0 Å². The number of sulfone groups is 1. The number of amides is 1. The van der Waals surface area contributed by atoms with Crippen molar-refractivity contribution in [2.45, 2.75) is 30.7 Å². The Kier molecular flexibility index (Phi) is 6.52. The molecule has 1 unspecified atom stereocenters. The molecule has 0 fully saturated rings. The third-order valence-corrected chi connectivity index (χ3v) is 5.80. The average molecular weight is 375 g/mol. The molecule has 2 rings (SSSR count). The van der Waals surface area contributed by atoms with E-state index in [-0.39, 0.29) is 22.6 Å². The van der Waals surface area contributed by atoms with E-state index in [9.17, 15) is 23.1 Å². The van der Waals surface area contributed by atoms with Crippen molar-refractivity contribution in [1.82, 2.24) is 5.32 Å². The third-order valence-electron chi connectivity index (χ3n) is 3.83. The van der Waals surface area contributed by atoms with Crippen molar-refractivity contribution in [3.05, 3.63) is 65.7 Å². The summed E-state index contributed by atoms with van der Waals surface area (Å²) in [7, 11) is -3.61. The second-order valence-corrected chi connectivity index (χ2v) is 7.95. The predicted molar refractivity (Wildman–Crippen MR) is 97.8 cm³/mol. The first-order valence-corrected chi connectivity index (χ1v) is 9.89. The highest BCUT2D eigenvalue weighted by atomic mass is 32.2. The normalized spacial score (nSPS) is 12.3. The van der Waals surface area contributed by atoms with Crippen molar-refractivity contribution in [1.29, 1.82) is 0 Å². The minimum Gasteiger partial charge on any atom is -0.480 e. The fourth-order valence-corrected chi connectivity index (χ4v) is 4.13. The van der Waals surface area contributed by atoms with Crippen LogP contribution in [-0.2, 0) is 21.1 Å². The van der Waals surface area contributed by atoms with E-state index in [2.05, 4.69) is 5.32 Å². The van der Waals surface area contributed by atoms with Gasteiger partial charge in [0.1, 0.15) is 6.04 Å². The molecule has 1 atom stereocenters. The fraction of sp³-hybridized carbons (Fsp3) is 0.263. The SMILES string of the molecule is CCCS(=O)(=O)c1ccccc1C(=O)NC(Cc1ccccc1)C(=O)O. The first-order chi connectivity index (χ1) is 12.3. The Hall–Kier alpha value is -2.67. The number of hydrogen-bond donors (Lipinski definition) is 2. The molecular weight excluding hydrogens is 354 g/mol. The van der Waals surface area contributed by atoms with Crippen LogP contribution >= 0.6 is 0 Å². The van der Waals surface area contributed by atoms with Gasteiger partial charge >= 0.3 is 5.97 Å². The molecule has 2 aromatic carbocycles. The van der Waals surface area contributed by atoms with Crippen LogP contribution < -0.4 is 5.32 Å². The Bertz CT molecular complexity index is 878. The number of nitrogens with one attached hydrogen (secondary N) is 1. The summed E-state index contributed by atoms with van der Waals surface area (Å²) >= 11 is 0. The lowest BCUT2D eigenvalue weighted by molar-refractivity contribution is -0.139. The molecule has 0 aliphatic heterocycles. The number of rotatable bonds is 8. The van der Waals surface area contributed by atoms with E-state index in [1.165, 1.54) is 18.2 Å². The number of carboxylic acid groups (broad SMARTS) is 1. The second kappa shape index (κ2) is 8.62. The van der Waals surface area contributed by atoms with Crippen molar-refractivity contribution < 1.29 is 23.1 Å². The van der Waals surface area contributed by atoms with Gasteiger partial charge in [0, 0.05) is 6.42 Å². The van der Waals surface area contributed by atoms with E-state index in [0.29, 0.717) is 6.42 Å². The second-order valence-electron chi connectivity index (χ2n) is 5.87. The molecule has 0 bridgehead atoms. The molecule has 2 N–H and O–H groups in total. The van der Waals surface area contributed by atoms with Gasteiger partial charge in [0.15, 0.2) is 9.84 Å². The lowest BCUT2D eigenvalue weighted by Crippen LogP contribution is -2.42. The van der Waals surface area contributed by atoms with Gasteiger partial charge in [-0.05, 0) is 24.1 Å². The minimum absolute atomic E-state index is 0.0414. The van der Waals surface area contributed by atoms with Crippen LogP contribution in [-0.4, -0.2) is 37.2 Å². The fourth-order valence-electron chi connectivity index (χ4n) is 2.59. The molecule has 6 nitrogen and oxygen atoms in total. The van der Waals surface area contributed by atoms with Gasteiger partial charge in [0.25, 0.3) is 5.91 Å². The van der Waals surface area contributed by atoms with Crippen LogP contribution in [0.3, 0.4) is 0 Å². The Morgan fingerprint density at radius 3 is 2.27 bits per heavy atom. The Morgan fingerprint density at radius 2 is 1.65 bits per heavy atom. The van der Waals surface area contributed by atoms with E-state index >= 15 is 0 Å². The molecule has 2 aromatic rings. The summed E-state index contributed by atoms with van der Waals surface area (Å²) in [5.41, 5.74) is 0.715. The summed E-state index contributed by atoms with van der Waals surface area (Å²) in [6, 6.07) is 13.6. The van der Waals surface area contributed by atoms with Gasteiger partial charge < -0.3 is 10.4 Å². The Labute approximate surface area is 152 Å². The van der Waals surface area contributed by atoms with E-state index in [1.54, 1.807) is 37.3 Å². The number of benzene rings is 2. The number of carbonyl (C=O) groups is 2. The first-order valence-electron chi connectivity index (χ1n) is 8.24. The maximum absolute atomic E-state index is 12.6. The van der Waals surface area contributed by atoms with E-state index in [1.807, 2.05) is 6.07 Å². The maximum Gasteiger partial charge on any atom is 0.326 e. The molecule has 1 amide bonds. The van der Waals surface area contributed by atoms with Gasteiger partial charge in [0.2, 0.25) is 0 Å². The molecule has 0 saturated carbocycles. The van der Waals surface area contributed by atoms with Crippen molar-refractivity contribution in [3.8, 4) is 0 Å². The predicted octanol–water partition coefficient (Wildman–Crippen LogP) is 2.30. The molecule has 26 heavy (non-hydrogen) atoms. The average Bonchev–Trinajstić information content (AvgIpc) is 2.62. The summed E-state index contributed by atoms with van der Waals surface area (Å²) in [4.78, 5) is 24.0. The van der Waals surface area contributed by atoms with Gasteiger partial charge in [-0.15, -0.1) is 0 Å². The molecule has 138 valence electrons. The quantitative estimate of drug-likeness (QED) is 0.737. The van der Waals surface area contributed by atoms with Crippen LogP contribution in [0, 0.1) is 0 Å². The Morgan fingerprint density at radius 1 is 1.04 bits per heavy atom. The number of aliphatic carboxylic acids is 1. The molecule has 7 heteroatoms. The molecule has 0 heterocycles. The van der Waals surface area contributed by atoms with Crippen LogP contribution in [0.5, 0.6) is 0 Å². The zero-order valence-electron chi connectivity index (χ0n) is 14.4. The zero-order chi connectivity index (χ0) is 19.2. The molecule has 0 spiro atoms. The molecule has 0 aromatic heterocycles. The topological polar surface area (TPSA) is 101 Å². The molecule has 0 aliphatic carbocycles. The molecular formula is C19H21NO5S. The lowest BCUT2D eigenvalue weighted by Gasteiger charge is -2.16. The molecule has 0 radical (unpaired) electrons. The third kappa shape index (κ3) is 4.92. The molecule has 0 saturated heterocycles. The maximum atomic E-state index is 12.6. The van der Waals surface area contributed by atoms with Crippen molar-refractivity contribution in [3.63, 3.8) is 0 Å². The summed E-state index contributed by atoms with van der Waals surface area (Å²) in [6.45, 7) is 1.74. The highest BCUT2D eigenvalue weighted by Gasteiger charge is 2.25. The van der Waals surface area contributed by atoms with Gasteiger partial charge in [-0.3, -0.25) is 4.79 Å². The van der Waals surface area contributed by atoms with Gasteiger partial charge in [-0.25, -0.2) is 13.2 Å². The standard InChI is InChI=1S/C19H21NO5S/c1-2-12-26(24,25)17-11-7-6-10-15(17)18(21)20-16(19(22)23)13-14-8-4-3-5-9-14/h3-11,16H,2,12-13H2,1H3,(H,20,21)(H,22,23). The van der Waals surface area contributed by atoms with E-state index in [0.717, 1.165) is 5.56 Å². The monoisotopic (exact) mass is 375 g/mol. The number of carbonyl (C=O) groups excluding carboxylic acids is 1. The summed E-state index contributed by atoms with van der Waals surface area (Å²) in [5, 5.41) is 11.8. The van der Waals surface area contributed by atoms with Crippen molar-refractivity contribution >= 4 is 21.7 Å². The van der Waals surface area contributed by atoms with Crippen molar-refractivity contribution in [2.75, 3.05) is 5.75 Å². The zero-order valence-corrected chi connectivity index (χ0v) is 15.2. The van der Waals surface area contributed by atoms with Gasteiger partial charge in [-0.1, -0.05) is 49.4 Å². The number of carboxylic acids is 1. The first kappa shape index (κ1) is 19.7. The summed E-state index contributed by atoms with van der Waals surface area (Å²) in [5.74, 6) is -1.98. The van der Waals surface area contributed by atoms with Crippen molar-refractivity contribution in [2.24, 2.45) is 0 Å². The van der Waals surface area contributed by atoms with Gasteiger partial charge in [0.05, 0.1) is 16.2 Å². The molecule has 0 aliphatic rings. The highest BCUT2D eigenvalue weighted by Crippen LogP contribution is 2.18. The largest absolute Gasteiger partial charge is 0.480 e. The lowest BCUT2D eigenvalue weighted by atomic mass is 10.1. The van der Waals surface area contributed by atoms with Crippen LogP contribution in [0.15, 0.2) is 59.5 Å². The van der Waals surface area contributed by atoms with E-state index in [4.69, 9.17) is 0 Å². The van der Waals surface area contributed by atoms with Gasteiger partial charge in [-0.2, -0.15) is 0 Å². The summed E-state index contributed by atoms with van der Waals surface area (Å²) < 4.78 is 24.7. The van der Waals surface area contributed by atoms with E-state index < -0.39 is 27.8 Å². The van der Waals surface area contributed by atoms with Crippen LogP contribution in [0.25, 0.3) is 0 Å². The Balaban J connectivity index is 2.27. The smallest absolute Gasteiger partial charge is 0.326 e.